The van der Waals surface area contributed by atoms with E-state index in [9.17, 15) is 15.0 Å². The molecule has 3 N–H and O–H groups in total. The van der Waals surface area contributed by atoms with Gasteiger partial charge in [-0.1, -0.05) is 301 Å². The van der Waals surface area contributed by atoms with Crippen LogP contribution in [0.15, 0.2) is 36.5 Å². The fourth-order valence-corrected chi connectivity index (χ4v) is 9.31. The number of hydrogen-bond donors (Lipinski definition) is 3. The molecule has 2 unspecified atom stereocenters. The summed E-state index contributed by atoms with van der Waals surface area (Å²) in [6, 6.07) is -0.638. The minimum absolute atomic E-state index is 0.0683. The minimum Gasteiger partial charge on any atom is -0.394 e. The number of hydrogen-bond acceptors (Lipinski definition) is 3. The summed E-state index contributed by atoms with van der Waals surface area (Å²) < 4.78 is 0. The van der Waals surface area contributed by atoms with E-state index >= 15 is 0 Å². The van der Waals surface area contributed by atoms with Crippen LogP contribution in [0, 0.1) is 0 Å². The maximum absolute atomic E-state index is 12.5. The van der Waals surface area contributed by atoms with E-state index in [4.69, 9.17) is 0 Å². The molecule has 0 spiro atoms. The average molecular weight is 913 g/mol. The summed E-state index contributed by atoms with van der Waals surface area (Å²) in [7, 11) is 0. The van der Waals surface area contributed by atoms with E-state index in [-0.39, 0.29) is 12.5 Å². The van der Waals surface area contributed by atoms with Gasteiger partial charge in [-0.3, -0.25) is 4.79 Å². The van der Waals surface area contributed by atoms with Gasteiger partial charge >= 0.3 is 0 Å². The fourth-order valence-electron chi connectivity index (χ4n) is 9.31. The number of rotatable bonds is 55. The van der Waals surface area contributed by atoms with Crippen LogP contribution in [0.2, 0.25) is 0 Å². The Bertz CT molecular complexity index is 989. The molecule has 0 radical (unpaired) electrons. The highest BCUT2D eigenvalue weighted by atomic mass is 16.3. The van der Waals surface area contributed by atoms with Gasteiger partial charge in [0.1, 0.15) is 0 Å². The van der Waals surface area contributed by atoms with E-state index in [2.05, 4.69) is 43.5 Å². The largest absolute Gasteiger partial charge is 0.394 e. The standard InChI is InChI=1S/C61H117NO3/c1-3-5-7-9-11-13-15-17-19-21-23-25-26-27-28-29-30-31-32-33-34-35-37-39-41-43-45-47-49-51-53-55-57-61(65)62-59(58-63)60(64)56-54-52-50-48-46-44-42-40-38-36-24-22-20-18-16-14-12-10-8-6-4-2/h27-28,46,48,54,56,59-60,63-64H,3-26,29-45,47,49-53,55,57-58H2,1-2H3,(H,62,65)/b28-27-,48-46+,56-54+. The molecule has 0 saturated heterocycles. The molecule has 0 aromatic rings. The summed E-state index contributed by atoms with van der Waals surface area (Å²) in [6.07, 6.45) is 77.6. The number of carbonyl (C=O) groups is 1. The second-order valence-corrected chi connectivity index (χ2v) is 20.4. The summed E-state index contributed by atoms with van der Waals surface area (Å²) in [6.45, 7) is 4.33. The Morgan fingerprint density at radius 2 is 0.600 bits per heavy atom. The minimum atomic E-state index is -0.862. The molecule has 0 aliphatic heterocycles. The molecule has 0 aliphatic rings. The highest BCUT2D eigenvalue weighted by molar-refractivity contribution is 5.76. The van der Waals surface area contributed by atoms with Crippen LogP contribution in [-0.4, -0.2) is 34.9 Å². The van der Waals surface area contributed by atoms with Gasteiger partial charge in [-0.15, -0.1) is 0 Å². The maximum Gasteiger partial charge on any atom is 0.220 e. The topological polar surface area (TPSA) is 69.6 Å². The van der Waals surface area contributed by atoms with Crippen LogP contribution < -0.4 is 5.32 Å². The van der Waals surface area contributed by atoms with E-state index in [1.807, 2.05) is 6.08 Å². The first-order valence-corrected chi connectivity index (χ1v) is 29.7. The number of allylic oxidation sites excluding steroid dienone is 5. The summed E-state index contributed by atoms with van der Waals surface area (Å²) >= 11 is 0. The average Bonchev–Trinajstić information content (AvgIpc) is 3.31. The second-order valence-electron chi connectivity index (χ2n) is 20.4. The van der Waals surface area contributed by atoms with Crippen LogP contribution in [0.4, 0.5) is 0 Å². The second kappa shape index (κ2) is 56.9. The van der Waals surface area contributed by atoms with Crippen LogP contribution in [-0.2, 0) is 4.79 Å². The van der Waals surface area contributed by atoms with Crippen LogP contribution in [0.25, 0.3) is 0 Å². The Kier molecular flexibility index (Phi) is 55.7. The van der Waals surface area contributed by atoms with Crippen molar-refractivity contribution >= 4 is 5.91 Å². The van der Waals surface area contributed by atoms with Gasteiger partial charge < -0.3 is 15.5 Å². The quantitative estimate of drug-likeness (QED) is 0.0421. The monoisotopic (exact) mass is 912 g/mol. The van der Waals surface area contributed by atoms with Crippen LogP contribution in [0.3, 0.4) is 0 Å². The molecule has 65 heavy (non-hydrogen) atoms. The molecule has 1 amide bonds. The Balaban J connectivity index is 3.47. The lowest BCUT2D eigenvalue weighted by atomic mass is 10.0. The molecule has 384 valence electrons. The summed E-state index contributed by atoms with van der Waals surface area (Å²) in [5.74, 6) is -0.0683. The number of amides is 1. The van der Waals surface area contributed by atoms with Gasteiger partial charge in [0.2, 0.25) is 5.91 Å². The highest BCUT2D eigenvalue weighted by Crippen LogP contribution is 2.17. The van der Waals surface area contributed by atoms with Crippen molar-refractivity contribution in [2.75, 3.05) is 6.61 Å². The van der Waals surface area contributed by atoms with Crippen molar-refractivity contribution in [3.63, 3.8) is 0 Å². The van der Waals surface area contributed by atoms with Crippen molar-refractivity contribution in [1.82, 2.24) is 5.32 Å². The zero-order chi connectivity index (χ0) is 47.0. The van der Waals surface area contributed by atoms with E-state index in [1.54, 1.807) is 6.08 Å². The summed E-state index contributed by atoms with van der Waals surface area (Å²) in [4.78, 5) is 12.5. The van der Waals surface area contributed by atoms with Gasteiger partial charge in [0.05, 0.1) is 18.8 Å². The number of nitrogens with one attached hydrogen (secondary N) is 1. The van der Waals surface area contributed by atoms with Gasteiger partial charge in [0.25, 0.3) is 0 Å². The normalized spacial score (nSPS) is 13.0. The van der Waals surface area contributed by atoms with E-state index < -0.39 is 12.1 Å². The third-order valence-corrected chi connectivity index (χ3v) is 13.8. The van der Waals surface area contributed by atoms with Gasteiger partial charge in [-0.05, 0) is 57.8 Å². The number of aliphatic hydroxyl groups is 2. The molecular weight excluding hydrogens is 795 g/mol. The van der Waals surface area contributed by atoms with Crippen molar-refractivity contribution in [2.45, 2.75) is 341 Å². The van der Waals surface area contributed by atoms with E-state index in [1.165, 1.54) is 276 Å². The highest BCUT2D eigenvalue weighted by Gasteiger charge is 2.18. The van der Waals surface area contributed by atoms with Crippen molar-refractivity contribution < 1.29 is 15.0 Å². The van der Waals surface area contributed by atoms with E-state index in [0.717, 1.165) is 32.1 Å². The first kappa shape index (κ1) is 63.6. The molecule has 2 atom stereocenters. The number of aliphatic hydroxyl groups excluding tert-OH is 2. The van der Waals surface area contributed by atoms with Crippen molar-refractivity contribution in [1.29, 1.82) is 0 Å². The molecule has 0 fully saturated rings. The van der Waals surface area contributed by atoms with Crippen molar-refractivity contribution in [2.24, 2.45) is 0 Å². The molecule has 0 aromatic carbocycles. The van der Waals surface area contributed by atoms with Crippen LogP contribution >= 0.6 is 0 Å². The fraction of sp³-hybridized carbons (Fsp3) is 0.885. The number of carbonyl (C=O) groups excluding carboxylic acids is 1. The van der Waals surface area contributed by atoms with Crippen molar-refractivity contribution in [3.8, 4) is 0 Å². The van der Waals surface area contributed by atoms with Gasteiger partial charge in [-0.25, -0.2) is 0 Å². The predicted molar refractivity (Wildman–Crippen MR) is 290 cm³/mol. The first-order chi connectivity index (χ1) is 32.2. The van der Waals surface area contributed by atoms with Gasteiger partial charge in [0, 0.05) is 6.42 Å². The predicted octanol–water partition coefficient (Wildman–Crippen LogP) is 19.6. The number of unbranched alkanes of at least 4 members (excludes halogenated alkanes) is 44. The molecule has 0 aromatic heterocycles. The molecule has 0 bridgehead atoms. The van der Waals surface area contributed by atoms with E-state index in [0.29, 0.717) is 6.42 Å². The lowest BCUT2D eigenvalue weighted by Crippen LogP contribution is -2.45. The third-order valence-electron chi connectivity index (χ3n) is 13.8. The maximum atomic E-state index is 12.5. The van der Waals surface area contributed by atoms with Crippen LogP contribution in [0.1, 0.15) is 328 Å². The van der Waals surface area contributed by atoms with Gasteiger partial charge in [-0.2, -0.15) is 0 Å². The van der Waals surface area contributed by atoms with Crippen LogP contribution in [0.5, 0.6) is 0 Å². The molecule has 4 heteroatoms. The zero-order valence-electron chi connectivity index (χ0n) is 44.3. The molecule has 0 saturated carbocycles. The Labute approximate surface area is 408 Å². The molecule has 0 aliphatic carbocycles. The Morgan fingerprint density at radius 1 is 0.354 bits per heavy atom. The van der Waals surface area contributed by atoms with Gasteiger partial charge in [0.15, 0.2) is 0 Å². The molecule has 0 rings (SSSR count). The smallest absolute Gasteiger partial charge is 0.220 e. The lowest BCUT2D eigenvalue weighted by Gasteiger charge is -2.19. The SMILES string of the molecule is CCCCCCCCCCCCCC/C=C\CCCCCCCCCCCCCCCCCCC(=O)NC(CO)C(O)/C=C/CC/C=C/CCCCCCCCCCCCCCCCC. The first-order valence-electron chi connectivity index (χ1n) is 29.7. The summed E-state index contributed by atoms with van der Waals surface area (Å²) in [5.41, 5.74) is 0. The third kappa shape index (κ3) is 53.4. The Hall–Kier alpha value is -1.39. The Morgan fingerprint density at radius 3 is 0.892 bits per heavy atom. The molecule has 0 heterocycles. The van der Waals surface area contributed by atoms with Crippen molar-refractivity contribution in [3.05, 3.63) is 36.5 Å². The molecule has 4 nitrogen and oxygen atoms in total. The zero-order valence-corrected chi connectivity index (χ0v) is 44.3. The lowest BCUT2D eigenvalue weighted by molar-refractivity contribution is -0.123. The molecular formula is C61H117NO3. The summed E-state index contributed by atoms with van der Waals surface area (Å²) in [5, 5.41) is 23.2.